The summed E-state index contributed by atoms with van der Waals surface area (Å²) in [6.07, 6.45) is 1.85. The average molecular weight is 349 g/mol. The molecular formula is C19H23N7. The number of hydrogen-bond acceptors (Lipinski definition) is 6. The molecule has 0 N–H and O–H groups in total. The van der Waals surface area contributed by atoms with Crippen molar-refractivity contribution in [2.24, 2.45) is 0 Å². The van der Waals surface area contributed by atoms with Crippen LogP contribution in [0.5, 0.6) is 0 Å². The lowest BCUT2D eigenvalue weighted by Crippen LogP contribution is -2.46. The Morgan fingerprint density at radius 1 is 0.923 bits per heavy atom. The Hall–Kier alpha value is -2.80. The minimum Gasteiger partial charge on any atom is -0.353 e. The zero-order valence-corrected chi connectivity index (χ0v) is 15.2. The van der Waals surface area contributed by atoms with E-state index in [-0.39, 0.29) is 0 Å². The van der Waals surface area contributed by atoms with E-state index in [0.717, 1.165) is 61.4 Å². The predicted molar refractivity (Wildman–Crippen MR) is 100 cm³/mol. The van der Waals surface area contributed by atoms with Crippen LogP contribution in [-0.4, -0.2) is 56.0 Å². The molecule has 1 fully saturated rings. The third-order valence-corrected chi connectivity index (χ3v) is 4.67. The van der Waals surface area contributed by atoms with E-state index in [1.807, 2.05) is 55.1 Å². The van der Waals surface area contributed by atoms with Gasteiger partial charge in [-0.3, -0.25) is 9.88 Å². The molecule has 0 aromatic carbocycles. The number of pyridine rings is 1. The molecule has 0 atom stereocenters. The molecule has 1 saturated heterocycles. The van der Waals surface area contributed by atoms with Gasteiger partial charge in [-0.15, -0.1) is 10.2 Å². The first-order valence-corrected chi connectivity index (χ1v) is 8.93. The lowest BCUT2D eigenvalue weighted by molar-refractivity contribution is 0.246. The topological polar surface area (TPSA) is 63.0 Å². The first-order valence-electron chi connectivity index (χ1n) is 8.93. The van der Waals surface area contributed by atoms with Crippen molar-refractivity contribution in [2.75, 3.05) is 31.1 Å². The van der Waals surface area contributed by atoms with Crippen LogP contribution in [0.25, 0.3) is 5.82 Å². The van der Waals surface area contributed by atoms with Gasteiger partial charge in [0.15, 0.2) is 11.6 Å². The largest absolute Gasteiger partial charge is 0.353 e. The van der Waals surface area contributed by atoms with Crippen molar-refractivity contribution in [3.8, 4) is 5.82 Å². The molecule has 134 valence electrons. The van der Waals surface area contributed by atoms with E-state index in [9.17, 15) is 0 Å². The highest BCUT2D eigenvalue weighted by Gasteiger charge is 2.19. The van der Waals surface area contributed by atoms with Crippen molar-refractivity contribution >= 4 is 5.82 Å². The summed E-state index contributed by atoms with van der Waals surface area (Å²) in [4.78, 5) is 9.12. The molecule has 4 heterocycles. The summed E-state index contributed by atoms with van der Waals surface area (Å²) < 4.78 is 1.83. The Labute approximate surface area is 153 Å². The Bertz CT molecular complexity index is 849. The van der Waals surface area contributed by atoms with E-state index >= 15 is 0 Å². The SMILES string of the molecule is Cc1cc(C)n(-c2ccc(N3CCN(Cc4ccccn4)CC3)nn2)n1. The van der Waals surface area contributed by atoms with Crippen LogP contribution >= 0.6 is 0 Å². The highest BCUT2D eigenvalue weighted by Crippen LogP contribution is 2.16. The number of piperazine rings is 1. The van der Waals surface area contributed by atoms with Crippen LogP contribution in [0.1, 0.15) is 17.1 Å². The smallest absolute Gasteiger partial charge is 0.176 e. The van der Waals surface area contributed by atoms with Gasteiger partial charge < -0.3 is 4.90 Å². The van der Waals surface area contributed by atoms with E-state index in [0.29, 0.717) is 0 Å². The van der Waals surface area contributed by atoms with Crippen molar-refractivity contribution in [3.05, 3.63) is 59.7 Å². The van der Waals surface area contributed by atoms with E-state index < -0.39 is 0 Å². The number of anilines is 1. The normalized spacial score (nSPS) is 15.4. The monoisotopic (exact) mass is 349 g/mol. The minimum atomic E-state index is 0.758. The molecule has 4 rings (SSSR count). The second kappa shape index (κ2) is 7.21. The van der Waals surface area contributed by atoms with Crippen LogP contribution in [0, 0.1) is 13.8 Å². The zero-order valence-electron chi connectivity index (χ0n) is 15.2. The van der Waals surface area contributed by atoms with Crippen molar-refractivity contribution in [1.29, 1.82) is 0 Å². The van der Waals surface area contributed by atoms with E-state index in [4.69, 9.17) is 0 Å². The molecule has 0 radical (unpaired) electrons. The fourth-order valence-electron chi connectivity index (χ4n) is 3.32. The number of nitrogens with zero attached hydrogens (tertiary/aromatic N) is 7. The van der Waals surface area contributed by atoms with Crippen molar-refractivity contribution < 1.29 is 0 Å². The Kier molecular flexibility index (Phi) is 4.62. The minimum absolute atomic E-state index is 0.758. The van der Waals surface area contributed by atoms with E-state index in [1.165, 1.54) is 0 Å². The average Bonchev–Trinajstić information content (AvgIpc) is 3.02. The molecule has 0 bridgehead atoms. The summed E-state index contributed by atoms with van der Waals surface area (Å²) >= 11 is 0. The molecule has 3 aromatic rings. The third kappa shape index (κ3) is 3.57. The van der Waals surface area contributed by atoms with Gasteiger partial charge in [0.05, 0.1) is 11.4 Å². The quantitative estimate of drug-likeness (QED) is 0.718. The molecule has 7 heteroatoms. The Balaban J connectivity index is 1.38. The number of rotatable bonds is 4. The number of aromatic nitrogens is 5. The van der Waals surface area contributed by atoms with Crippen molar-refractivity contribution in [2.45, 2.75) is 20.4 Å². The van der Waals surface area contributed by atoms with Crippen LogP contribution in [0.2, 0.25) is 0 Å². The maximum Gasteiger partial charge on any atom is 0.176 e. The highest BCUT2D eigenvalue weighted by atomic mass is 15.4. The van der Waals surface area contributed by atoms with Crippen LogP contribution in [-0.2, 0) is 6.54 Å². The maximum atomic E-state index is 4.46. The summed E-state index contributed by atoms with van der Waals surface area (Å²) in [5, 5.41) is 13.3. The standard InChI is InChI=1S/C19H23N7/c1-15-13-16(2)26(23-15)19-7-6-18(21-22-19)25-11-9-24(10-12-25)14-17-5-3-4-8-20-17/h3-8,13H,9-12,14H2,1-2H3. The highest BCUT2D eigenvalue weighted by molar-refractivity contribution is 5.40. The molecule has 0 amide bonds. The fraction of sp³-hybridized carbons (Fsp3) is 0.368. The van der Waals surface area contributed by atoms with Gasteiger partial charge in [0.1, 0.15) is 0 Å². The first kappa shape index (κ1) is 16.7. The van der Waals surface area contributed by atoms with Crippen molar-refractivity contribution in [3.63, 3.8) is 0 Å². The Morgan fingerprint density at radius 2 is 1.69 bits per heavy atom. The van der Waals surface area contributed by atoms with Gasteiger partial charge in [-0.1, -0.05) is 6.07 Å². The first-order chi connectivity index (χ1) is 12.7. The van der Waals surface area contributed by atoms with Gasteiger partial charge in [-0.25, -0.2) is 4.68 Å². The molecule has 0 unspecified atom stereocenters. The summed E-state index contributed by atoms with van der Waals surface area (Å²) in [6, 6.07) is 12.1. The third-order valence-electron chi connectivity index (χ3n) is 4.67. The molecule has 3 aromatic heterocycles. The summed E-state index contributed by atoms with van der Waals surface area (Å²) in [7, 11) is 0. The fourth-order valence-corrected chi connectivity index (χ4v) is 3.32. The molecule has 26 heavy (non-hydrogen) atoms. The van der Waals surface area contributed by atoms with Gasteiger partial charge in [0.2, 0.25) is 0 Å². The molecular weight excluding hydrogens is 326 g/mol. The van der Waals surface area contributed by atoms with Crippen LogP contribution in [0.15, 0.2) is 42.6 Å². The lowest BCUT2D eigenvalue weighted by atomic mass is 10.2. The molecule has 0 spiro atoms. The van der Waals surface area contributed by atoms with Gasteiger partial charge in [-0.05, 0) is 44.2 Å². The van der Waals surface area contributed by atoms with E-state index in [2.05, 4.69) is 36.1 Å². The molecule has 1 aliphatic heterocycles. The van der Waals surface area contributed by atoms with Gasteiger partial charge in [0.25, 0.3) is 0 Å². The summed E-state index contributed by atoms with van der Waals surface area (Å²) in [5.74, 6) is 1.68. The van der Waals surface area contributed by atoms with Crippen LogP contribution in [0.3, 0.4) is 0 Å². The summed E-state index contributed by atoms with van der Waals surface area (Å²) in [6.45, 7) is 8.79. The predicted octanol–water partition coefficient (Wildman–Crippen LogP) is 2.00. The van der Waals surface area contributed by atoms with Gasteiger partial charge >= 0.3 is 0 Å². The number of hydrogen-bond donors (Lipinski definition) is 0. The molecule has 0 saturated carbocycles. The molecule has 7 nitrogen and oxygen atoms in total. The van der Waals surface area contributed by atoms with Gasteiger partial charge in [-0.2, -0.15) is 5.10 Å². The lowest BCUT2D eigenvalue weighted by Gasteiger charge is -2.34. The second-order valence-electron chi connectivity index (χ2n) is 6.67. The second-order valence-corrected chi connectivity index (χ2v) is 6.67. The van der Waals surface area contributed by atoms with Gasteiger partial charge in [0, 0.05) is 44.6 Å². The van der Waals surface area contributed by atoms with E-state index in [1.54, 1.807) is 0 Å². The Morgan fingerprint density at radius 3 is 2.31 bits per heavy atom. The van der Waals surface area contributed by atoms with Crippen LogP contribution < -0.4 is 4.90 Å². The van der Waals surface area contributed by atoms with Crippen LogP contribution in [0.4, 0.5) is 5.82 Å². The summed E-state index contributed by atoms with van der Waals surface area (Å²) in [5.41, 5.74) is 3.17. The molecule has 1 aliphatic rings. The molecule has 0 aliphatic carbocycles. The zero-order chi connectivity index (χ0) is 17.9. The maximum absolute atomic E-state index is 4.46. The number of aryl methyl sites for hydroxylation is 2. The van der Waals surface area contributed by atoms with Crippen molar-refractivity contribution in [1.82, 2.24) is 29.9 Å².